The topological polar surface area (TPSA) is 52.9 Å². The van der Waals surface area contributed by atoms with Crippen LogP contribution < -0.4 is 5.32 Å². The molecule has 0 saturated carbocycles. The summed E-state index contributed by atoms with van der Waals surface area (Å²) >= 11 is 1.35. The summed E-state index contributed by atoms with van der Waals surface area (Å²) in [4.78, 5) is 13.3. The molecule has 0 unspecified atom stereocenters. The molecule has 1 atom stereocenters. The molecule has 0 bridgehead atoms. The number of hydrogen-bond acceptors (Lipinski definition) is 3. The first kappa shape index (κ1) is 15.6. The van der Waals surface area contributed by atoms with E-state index in [2.05, 4.69) is 18.3 Å². The zero-order valence-corrected chi connectivity index (χ0v) is 13.3. The van der Waals surface area contributed by atoms with Crippen LogP contribution in [0.15, 0.2) is 18.2 Å². The van der Waals surface area contributed by atoms with E-state index in [-0.39, 0.29) is 5.56 Å². The maximum Gasteiger partial charge on any atom is 0.259 e. The molecule has 1 heterocycles. The second kappa shape index (κ2) is 6.09. The molecule has 1 aliphatic rings. The second-order valence-corrected chi connectivity index (χ2v) is 6.83. The van der Waals surface area contributed by atoms with Gasteiger partial charge in [0.15, 0.2) is 11.6 Å². The molecular weight excluding hydrogens is 318 g/mol. The zero-order chi connectivity index (χ0) is 16.6. The molecule has 3 nitrogen and oxygen atoms in total. The molecule has 1 amide bonds. The number of carbonyl (C=O) groups excluding carboxylic acids is 1. The van der Waals surface area contributed by atoms with E-state index in [0.29, 0.717) is 16.5 Å². The van der Waals surface area contributed by atoms with Gasteiger partial charge in [0.1, 0.15) is 11.1 Å². The average Bonchev–Trinajstić information content (AvgIpc) is 2.85. The van der Waals surface area contributed by atoms with Crippen molar-refractivity contribution in [3.8, 4) is 6.07 Å². The van der Waals surface area contributed by atoms with Gasteiger partial charge >= 0.3 is 0 Å². The molecule has 0 radical (unpaired) electrons. The predicted molar refractivity (Wildman–Crippen MR) is 84.5 cm³/mol. The van der Waals surface area contributed by atoms with Crippen LogP contribution in [0, 0.1) is 28.9 Å². The molecule has 0 saturated heterocycles. The summed E-state index contributed by atoms with van der Waals surface area (Å²) in [6, 6.07) is 5.58. The Morgan fingerprint density at radius 3 is 2.96 bits per heavy atom. The van der Waals surface area contributed by atoms with Crippen LogP contribution in [-0.2, 0) is 12.8 Å². The van der Waals surface area contributed by atoms with E-state index in [1.165, 1.54) is 23.5 Å². The lowest BCUT2D eigenvalue weighted by atomic mass is 9.88. The summed E-state index contributed by atoms with van der Waals surface area (Å²) in [6.45, 7) is 2.15. The SMILES string of the molecule is C[C@@H]1CCc2c(sc(NC(=O)c3cccc(F)c3F)c2C#N)C1. The number of nitrogens with one attached hydrogen (secondary N) is 1. The van der Waals surface area contributed by atoms with E-state index in [0.717, 1.165) is 35.8 Å². The number of fused-ring (bicyclic) bond motifs is 1. The highest BCUT2D eigenvalue weighted by atomic mass is 32.1. The lowest BCUT2D eigenvalue weighted by Gasteiger charge is -2.17. The molecule has 1 aromatic heterocycles. The lowest BCUT2D eigenvalue weighted by molar-refractivity contribution is 0.102. The van der Waals surface area contributed by atoms with Crippen molar-refractivity contribution in [2.24, 2.45) is 5.92 Å². The quantitative estimate of drug-likeness (QED) is 0.892. The average molecular weight is 332 g/mol. The van der Waals surface area contributed by atoms with Crippen LogP contribution in [0.2, 0.25) is 0 Å². The van der Waals surface area contributed by atoms with Crippen molar-refractivity contribution in [3.63, 3.8) is 0 Å². The number of anilines is 1. The van der Waals surface area contributed by atoms with E-state index in [1.807, 2.05) is 0 Å². The number of nitrogens with zero attached hydrogens (tertiary/aromatic N) is 1. The number of nitriles is 1. The summed E-state index contributed by atoms with van der Waals surface area (Å²) in [7, 11) is 0. The van der Waals surface area contributed by atoms with Crippen molar-refractivity contribution in [2.45, 2.75) is 26.2 Å². The molecule has 2 aromatic rings. The van der Waals surface area contributed by atoms with Crippen LogP contribution >= 0.6 is 11.3 Å². The zero-order valence-electron chi connectivity index (χ0n) is 12.5. The van der Waals surface area contributed by atoms with Gasteiger partial charge < -0.3 is 5.32 Å². The van der Waals surface area contributed by atoms with Gasteiger partial charge in [0.2, 0.25) is 0 Å². The fourth-order valence-corrected chi connectivity index (χ4v) is 4.16. The van der Waals surface area contributed by atoms with Gasteiger partial charge in [0.05, 0.1) is 11.1 Å². The third kappa shape index (κ3) is 2.84. The molecule has 6 heteroatoms. The fraction of sp³-hybridized carbons (Fsp3) is 0.294. The van der Waals surface area contributed by atoms with Crippen molar-refractivity contribution in [2.75, 3.05) is 5.32 Å². The molecule has 118 valence electrons. The van der Waals surface area contributed by atoms with Crippen molar-refractivity contribution in [1.29, 1.82) is 5.26 Å². The maximum atomic E-state index is 13.7. The third-order valence-corrected chi connectivity index (χ3v) is 5.22. The van der Waals surface area contributed by atoms with Gasteiger partial charge in [-0.1, -0.05) is 13.0 Å². The summed E-state index contributed by atoms with van der Waals surface area (Å²) in [6.07, 6.45) is 2.68. The van der Waals surface area contributed by atoms with E-state index < -0.39 is 17.5 Å². The predicted octanol–water partition coefficient (Wildman–Crippen LogP) is 4.28. The summed E-state index contributed by atoms with van der Waals surface area (Å²) < 4.78 is 27.0. The number of benzene rings is 1. The van der Waals surface area contributed by atoms with Gasteiger partial charge in [0, 0.05) is 4.88 Å². The minimum atomic E-state index is -1.18. The molecule has 0 spiro atoms. The van der Waals surface area contributed by atoms with Gasteiger partial charge in [-0.25, -0.2) is 8.78 Å². The van der Waals surface area contributed by atoms with Crippen LogP contribution in [0.5, 0.6) is 0 Å². The Kier molecular flexibility index (Phi) is 4.14. The highest BCUT2D eigenvalue weighted by Gasteiger charge is 2.25. The Morgan fingerprint density at radius 2 is 2.22 bits per heavy atom. The van der Waals surface area contributed by atoms with Crippen molar-refractivity contribution in [3.05, 3.63) is 51.4 Å². The van der Waals surface area contributed by atoms with E-state index in [9.17, 15) is 18.8 Å². The maximum absolute atomic E-state index is 13.7. The second-order valence-electron chi connectivity index (χ2n) is 5.72. The van der Waals surface area contributed by atoms with Crippen molar-refractivity contribution in [1.82, 2.24) is 0 Å². The highest BCUT2D eigenvalue weighted by molar-refractivity contribution is 7.16. The van der Waals surface area contributed by atoms with Crippen LogP contribution in [0.4, 0.5) is 13.8 Å². The monoisotopic (exact) mass is 332 g/mol. The Morgan fingerprint density at radius 1 is 1.43 bits per heavy atom. The van der Waals surface area contributed by atoms with Gasteiger partial charge in [-0.05, 0) is 42.9 Å². The lowest BCUT2D eigenvalue weighted by Crippen LogP contribution is -2.14. The first-order valence-electron chi connectivity index (χ1n) is 7.31. The molecule has 1 N–H and O–H groups in total. The normalized spacial score (nSPS) is 16.5. The number of carbonyl (C=O) groups is 1. The molecule has 1 aliphatic carbocycles. The first-order valence-corrected chi connectivity index (χ1v) is 8.13. The van der Waals surface area contributed by atoms with Gasteiger partial charge in [0.25, 0.3) is 5.91 Å². The molecule has 0 fully saturated rings. The number of thiophene rings is 1. The Bertz CT molecular complexity index is 823. The third-order valence-electron chi connectivity index (χ3n) is 4.05. The number of amides is 1. The van der Waals surface area contributed by atoms with Gasteiger partial charge in [-0.2, -0.15) is 5.26 Å². The number of hydrogen-bond donors (Lipinski definition) is 1. The van der Waals surface area contributed by atoms with Crippen LogP contribution in [0.1, 0.15) is 39.7 Å². The Labute approximate surface area is 136 Å². The van der Waals surface area contributed by atoms with Crippen LogP contribution in [-0.4, -0.2) is 5.91 Å². The summed E-state index contributed by atoms with van der Waals surface area (Å²) in [5, 5.41) is 12.4. The molecule has 3 rings (SSSR count). The number of rotatable bonds is 2. The fourth-order valence-electron chi connectivity index (χ4n) is 2.81. The highest BCUT2D eigenvalue weighted by Crippen LogP contribution is 2.39. The van der Waals surface area contributed by atoms with Crippen molar-refractivity contribution >= 4 is 22.2 Å². The van der Waals surface area contributed by atoms with Crippen LogP contribution in [0.3, 0.4) is 0 Å². The Balaban J connectivity index is 1.93. The molecule has 0 aliphatic heterocycles. The Hall–Kier alpha value is -2.26. The van der Waals surface area contributed by atoms with Crippen LogP contribution in [0.25, 0.3) is 0 Å². The molecular formula is C17H14F2N2OS. The summed E-state index contributed by atoms with van der Waals surface area (Å²) in [5.74, 6) is -2.46. The van der Waals surface area contributed by atoms with Gasteiger partial charge in [-0.3, -0.25) is 4.79 Å². The molecule has 1 aromatic carbocycles. The van der Waals surface area contributed by atoms with Crippen molar-refractivity contribution < 1.29 is 13.6 Å². The minimum absolute atomic E-state index is 0.367. The largest absolute Gasteiger partial charge is 0.312 e. The van der Waals surface area contributed by atoms with E-state index in [4.69, 9.17) is 0 Å². The van der Waals surface area contributed by atoms with E-state index >= 15 is 0 Å². The molecule has 23 heavy (non-hydrogen) atoms. The van der Waals surface area contributed by atoms with Gasteiger partial charge in [-0.15, -0.1) is 11.3 Å². The minimum Gasteiger partial charge on any atom is -0.312 e. The number of halogens is 2. The van der Waals surface area contributed by atoms with E-state index in [1.54, 1.807) is 0 Å². The standard InChI is InChI=1S/C17H14F2N2OS/c1-9-5-6-10-12(8-20)17(23-14(10)7-9)21-16(22)11-3-2-4-13(18)15(11)19/h2-4,9H,5-7H2,1H3,(H,21,22)/t9-/m1/s1. The first-order chi connectivity index (χ1) is 11.0. The summed E-state index contributed by atoms with van der Waals surface area (Å²) in [5.41, 5.74) is 1.06. The smallest absolute Gasteiger partial charge is 0.259 e.